The summed E-state index contributed by atoms with van der Waals surface area (Å²) in [6.07, 6.45) is 5.81. The number of rotatable bonds is 3. The van der Waals surface area contributed by atoms with Gasteiger partial charge in [-0.1, -0.05) is 18.0 Å². The largest absolute Gasteiger partial charge is 0.461 e. The summed E-state index contributed by atoms with van der Waals surface area (Å²) in [5.41, 5.74) is 1.64. The molecule has 0 atom stereocenters. The van der Waals surface area contributed by atoms with Crippen molar-refractivity contribution in [1.82, 2.24) is 15.0 Å². The topological polar surface area (TPSA) is 69.3 Å². The number of aromatic amines is 1. The molecule has 0 saturated heterocycles. The first-order valence-corrected chi connectivity index (χ1v) is 9.38. The van der Waals surface area contributed by atoms with Gasteiger partial charge in [-0.3, -0.25) is 4.98 Å². The highest BCUT2D eigenvalue weighted by Gasteiger charge is 2.24. The van der Waals surface area contributed by atoms with Gasteiger partial charge in [0.05, 0.1) is 10.7 Å². The zero-order valence-electron chi connectivity index (χ0n) is 14.4. The molecule has 3 heterocycles. The molecule has 8 heteroatoms. The summed E-state index contributed by atoms with van der Waals surface area (Å²) >= 11 is 6.37. The Kier molecular flexibility index (Phi) is 4.04. The quantitative estimate of drug-likeness (QED) is 0.692. The number of H-pyrrole nitrogens is 1. The molecule has 1 aliphatic heterocycles. The molecule has 27 heavy (non-hydrogen) atoms. The number of ether oxygens (including phenoxy) is 3. The fourth-order valence-corrected chi connectivity index (χ4v) is 3.85. The van der Waals surface area contributed by atoms with Crippen LogP contribution in [0.3, 0.4) is 0 Å². The number of aromatic nitrogens is 3. The SMILES string of the molecule is Fc1c(-c2nc3[nH]c(OC4CCCCC4)nc3cc2Cl)ccc2c1OCO2. The Morgan fingerprint density at radius 3 is 2.85 bits per heavy atom. The van der Waals surface area contributed by atoms with Gasteiger partial charge in [0, 0.05) is 5.56 Å². The van der Waals surface area contributed by atoms with E-state index in [1.807, 2.05) is 0 Å². The van der Waals surface area contributed by atoms with Crippen molar-refractivity contribution in [3.8, 4) is 28.8 Å². The molecule has 1 aromatic carbocycles. The highest BCUT2D eigenvalue weighted by molar-refractivity contribution is 6.33. The summed E-state index contributed by atoms with van der Waals surface area (Å²) in [7, 11) is 0. The van der Waals surface area contributed by atoms with Gasteiger partial charge in [0.15, 0.2) is 17.2 Å². The number of benzene rings is 1. The summed E-state index contributed by atoms with van der Waals surface area (Å²) < 4.78 is 31.1. The first kappa shape index (κ1) is 16.6. The van der Waals surface area contributed by atoms with Gasteiger partial charge in [-0.25, -0.2) is 9.37 Å². The second-order valence-corrected chi connectivity index (χ2v) is 7.17. The van der Waals surface area contributed by atoms with Crippen molar-refractivity contribution in [3.63, 3.8) is 0 Å². The zero-order chi connectivity index (χ0) is 18.4. The van der Waals surface area contributed by atoms with Gasteiger partial charge in [-0.15, -0.1) is 0 Å². The number of imidazole rings is 1. The summed E-state index contributed by atoms with van der Waals surface area (Å²) in [4.78, 5) is 12.0. The van der Waals surface area contributed by atoms with Crippen molar-refractivity contribution in [1.29, 1.82) is 0 Å². The first-order valence-electron chi connectivity index (χ1n) is 9.00. The van der Waals surface area contributed by atoms with E-state index in [9.17, 15) is 4.39 Å². The van der Waals surface area contributed by atoms with Gasteiger partial charge >= 0.3 is 0 Å². The highest BCUT2D eigenvalue weighted by Crippen LogP contribution is 2.41. The Morgan fingerprint density at radius 2 is 2.00 bits per heavy atom. The van der Waals surface area contributed by atoms with Crippen LogP contribution in [0.5, 0.6) is 17.5 Å². The number of nitrogens with one attached hydrogen (secondary N) is 1. The monoisotopic (exact) mass is 389 g/mol. The van der Waals surface area contributed by atoms with Crippen LogP contribution in [0.1, 0.15) is 32.1 Å². The van der Waals surface area contributed by atoms with Crippen molar-refractivity contribution in [3.05, 3.63) is 29.0 Å². The fourth-order valence-electron chi connectivity index (χ4n) is 3.60. The van der Waals surface area contributed by atoms with Crippen LogP contribution >= 0.6 is 11.6 Å². The zero-order valence-corrected chi connectivity index (χ0v) is 15.2. The summed E-state index contributed by atoms with van der Waals surface area (Å²) in [5, 5.41) is 0.302. The lowest BCUT2D eigenvalue weighted by molar-refractivity contribution is 0.143. The van der Waals surface area contributed by atoms with Crippen molar-refractivity contribution in [2.45, 2.75) is 38.2 Å². The molecule has 0 spiro atoms. The molecular formula is C19H17ClFN3O3. The van der Waals surface area contributed by atoms with E-state index in [2.05, 4.69) is 15.0 Å². The van der Waals surface area contributed by atoms with Gasteiger partial charge in [-0.2, -0.15) is 4.98 Å². The highest BCUT2D eigenvalue weighted by atomic mass is 35.5. The van der Waals surface area contributed by atoms with Crippen LogP contribution in [0.4, 0.5) is 4.39 Å². The Balaban J connectivity index is 1.51. The van der Waals surface area contributed by atoms with Gasteiger partial charge < -0.3 is 14.2 Å². The fraction of sp³-hybridized carbons (Fsp3) is 0.368. The number of fused-ring (bicyclic) bond motifs is 2. The normalized spacial score (nSPS) is 16.8. The maximum absolute atomic E-state index is 14.8. The molecule has 1 saturated carbocycles. The van der Waals surface area contributed by atoms with Gasteiger partial charge in [0.25, 0.3) is 6.01 Å². The average Bonchev–Trinajstić information content (AvgIpc) is 3.29. The van der Waals surface area contributed by atoms with Crippen LogP contribution in [0.2, 0.25) is 5.02 Å². The van der Waals surface area contributed by atoms with E-state index in [1.165, 1.54) is 19.3 Å². The predicted molar refractivity (Wildman–Crippen MR) is 97.9 cm³/mol. The molecule has 0 bridgehead atoms. The third kappa shape index (κ3) is 2.96. The first-order chi connectivity index (χ1) is 13.2. The summed E-state index contributed by atoms with van der Waals surface area (Å²) in [6, 6.07) is 5.31. The number of pyridine rings is 1. The van der Waals surface area contributed by atoms with Gasteiger partial charge in [0.2, 0.25) is 12.5 Å². The van der Waals surface area contributed by atoms with Crippen molar-refractivity contribution in [2.75, 3.05) is 6.79 Å². The molecule has 0 amide bonds. The molecule has 0 unspecified atom stereocenters. The minimum absolute atomic E-state index is 0.00167. The van der Waals surface area contributed by atoms with E-state index in [0.29, 0.717) is 33.6 Å². The smallest absolute Gasteiger partial charge is 0.296 e. The summed E-state index contributed by atoms with van der Waals surface area (Å²) in [6.45, 7) is -0.00167. The van der Waals surface area contributed by atoms with Gasteiger partial charge in [0.1, 0.15) is 11.6 Å². The molecule has 1 fully saturated rings. The van der Waals surface area contributed by atoms with E-state index in [-0.39, 0.29) is 24.2 Å². The molecule has 6 nitrogen and oxygen atoms in total. The number of hydrogen-bond acceptors (Lipinski definition) is 5. The maximum atomic E-state index is 14.8. The lowest BCUT2D eigenvalue weighted by atomic mass is 9.98. The predicted octanol–water partition coefficient (Wildman–Crippen LogP) is 4.86. The number of hydrogen-bond donors (Lipinski definition) is 1. The average molecular weight is 390 g/mol. The summed E-state index contributed by atoms with van der Waals surface area (Å²) in [5.74, 6) is -0.0912. The second kappa shape index (κ2) is 6.56. The molecule has 2 aromatic heterocycles. The Hall–Kier alpha value is -2.54. The minimum atomic E-state index is -0.544. The molecule has 5 rings (SSSR count). The van der Waals surface area contributed by atoms with E-state index < -0.39 is 5.82 Å². The molecular weight excluding hydrogens is 373 g/mol. The molecule has 3 aromatic rings. The maximum Gasteiger partial charge on any atom is 0.296 e. The van der Waals surface area contributed by atoms with Crippen molar-refractivity contribution < 1.29 is 18.6 Å². The lowest BCUT2D eigenvalue weighted by Gasteiger charge is -2.21. The third-order valence-corrected chi connectivity index (χ3v) is 5.26. The lowest BCUT2D eigenvalue weighted by Crippen LogP contribution is -2.20. The van der Waals surface area contributed by atoms with E-state index in [4.69, 9.17) is 25.8 Å². The Morgan fingerprint density at radius 1 is 1.15 bits per heavy atom. The molecule has 2 aliphatic rings. The van der Waals surface area contributed by atoms with E-state index in [0.717, 1.165) is 12.8 Å². The number of nitrogens with zero attached hydrogens (tertiary/aromatic N) is 2. The molecule has 1 N–H and O–H groups in total. The van der Waals surface area contributed by atoms with Crippen LogP contribution in [-0.2, 0) is 0 Å². The van der Waals surface area contributed by atoms with Crippen LogP contribution in [0, 0.1) is 5.82 Å². The van der Waals surface area contributed by atoms with Crippen molar-refractivity contribution >= 4 is 22.8 Å². The Bertz CT molecular complexity index is 1020. The molecule has 140 valence electrons. The van der Waals surface area contributed by atoms with Crippen LogP contribution in [0.15, 0.2) is 18.2 Å². The van der Waals surface area contributed by atoms with Crippen LogP contribution in [-0.4, -0.2) is 27.8 Å². The minimum Gasteiger partial charge on any atom is -0.461 e. The third-order valence-electron chi connectivity index (χ3n) is 4.97. The van der Waals surface area contributed by atoms with Crippen LogP contribution in [0.25, 0.3) is 22.4 Å². The molecule has 0 radical (unpaired) electrons. The van der Waals surface area contributed by atoms with E-state index >= 15 is 0 Å². The van der Waals surface area contributed by atoms with Crippen molar-refractivity contribution in [2.24, 2.45) is 0 Å². The van der Waals surface area contributed by atoms with E-state index in [1.54, 1.807) is 18.2 Å². The van der Waals surface area contributed by atoms with Gasteiger partial charge in [-0.05, 0) is 43.9 Å². The standard InChI is InChI=1S/C19H17ClFN3O3/c20-12-8-13-18(24-19(22-13)27-10-4-2-1-3-5-10)23-16(12)11-6-7-14-17(15(11)21)26-9-25-14/h6-8,10H,1-5,9H2,(H,22,23,24). The molecule has 1 aliphatic carbocycles. The second-order valence-electron chi connectivity index (χ2n) is 6.77. The Labute approximate surface area is 159 Å². The number of halogens is 2. The van der Waals surface area contributed by atoms with Crippen LogP contribution < -0.4 is 14.2 Å².